The minimum absolute atomic E-state index is 0.00952. The lowest BCUT2D eigenvalue weighted by Gasteiger charge is -2.17. The minimum atomic E-state index is -3.81. The van der Waals surface area contributed by atoms with Crippen LogP contribution in [0.25, 0.3) is 10.9 Å². The lowest BCUT2D eigenvalue weighted by atomic mass is 10.0. The Balaban J connectivity index is 1.30. The molecule has 1 atom stereocenters. The van der Waals surface area contributed by atoms with Gasteiger partial charge in [-0.25, -0.2) is 18.2 Å². The molecule has 4 aromatic rings. The molecule has 2 aromatic heterocycles. The molecule has 204 valence electrons. The summed E-state index contributed by atoms with van der Waals surface area (Å²) in [7, 11) is -3.81. The van der Waals surface area contributed by atoms with Gasteiger partial charge in [-0.2, -0.15) is 0 Å². The summed E-state index contributed by atoms with van der Waals surface area (Å²) in [5.74, 6) is -1.47. The first-order valence-corrected chi connectivity index (χ1v) is 14.4. The van der Waals surface area contributed by atoms with Crippen LogP contribution in [0.3, 0.4) is 0 Å². The number of sulfonamides is 1. The van der Waals surface area contributed by atoms with Crippen LogP contribution in [0.5, 0.6) is 0 Å². The largest absolute Gasteiger partial charge is 0.464 e. The summed E-state index contributed by atoms with van der Waals surface area (Å²) in [6, 6.07) is 12.3. The van der Waals surface area contributed by atoms with Crippen LogP contribution >= 0.6 is 11.3 Å². The molecular formula is C26H27N5O6S2. The van der Waals surface area contributed by atoms with Gasteiger partial charge in [0.2, 0.25) is 11.8 Å². The Morgan fingerprint density at radius 1 is 1.05 bits per heavy atom. The molecule has 0 aliphatic rings. The first kappa shape index (κ1) is 27.8. The molecule has 0 aliphatic heterocycles. The van der Waals surface area contributed by atoms with Crippen molar-refractivity contribution in [2.75, 3.05) is 16.6 Å². The fraction of sp³-hybridized carbons (Fsp3) is 0.231. The fourth-order valence-corrected chi connectivity index (χ4v) is 5.63. The highest BCUT2D eigenvalue weighted by atomic mass is 32.2. The van der Waals surface area contributed by atoms with Crippen LogP contribution in [0.4, 0.5) is 10.8 Å². The second-order valence-electron chi connectivity index (χ2n) is 8.45. The molecule has 2 heterocycles. The first-order chi connectivity index (χ1) is 18.7. The van der Waals surface area contributed by atoms with Gasteiger partial charge in [0.1, 0.15) is 6.04 Å². The van der Waals surface area contributed by atoms with Gasteiger partial charge in [-0.1, -0.05) is 18.2 Å². The molecular weight excluding hydrogens is 542 g/mol. The van der Waals surface area contributed by atoms with Gasteiger partial charge < -0.3 is 20.4 Å². The molecule has 0 aliphatic carbocycles. The van der Waals surface area contributed by atoms with E-state index in [2.05, 4.69) is 25.3 Å². The third kappa shape index (κ3) is 7.42. The van der Waals surface area contributed by atoms with Gasteiger partial charge >= 0.3 is 5.97 Å². The van der Waals surface area contributed by atoms with Crippen molar-refractivity contribution in [2.24, 2.45) is 0 Å². The fourth-order valence-electron chi connectivity index (χ4n) is 3.84. The molecule has 0 spiro atoms. The van der Waals surface area contributed by atoms with Crippen molar-refractivity contribution < 1.29 is 27.5 Å². The number of thiazole rings is 1. The van der Waals surface area contributed by atoms with Gasteiger partial charge in [-0.05, 0) is 42.8 Å². The van der Waals surface area contributed by atoms with Gasteiger partial charge in [0.25, 0.3) is 10.0 Å². The molecule has 0 saturated heterocycles. The number of nitrogens with one attached hydrogen (secondary N) is 4. The number of aromatic nitrogens is 2. The maximum Gasteiger partial charge on any atom is 0.328 e. The van der Waals surface area contributed by atoms with E-state index < -0.39 is 33.8 Å². The number of rotatable bonds is 12. The Morgan fingerprint density at radius 2 is 1.79 bits per heavy atom. The van der Waals surface area contributed by atoms with Crippen LogP contribution in [0, 0.1) is 0 Å². The molecule has 4 N–H and O–H groups in total. The summed E-state index contributed by atoms with van der Waals surface area (Å²) >= 11 is 1.15. The molecule has 0 unspecified atom stereocenters. The highest BCUT2D eigenvalue weighted by Crippen LogP contribution is 2.21. The predicted octanol–water partition coefficient (Wildman–Crippen LogP) is 3.43. The number of benzene rings is 2. The van der Waals surface area contributed by atoms with E-state index in [-0.39, 0.29) is 35.9 Å². The number of amides is 2. The van der Waals surface area contributed by atoms with Crippen molar-refractivity contribution in [3.05, 3.63) is 71.9 Å². The Hall–Kier alpha value is -4.23. The minimum Gasteiger partial charge on any atom is -0.464 e. The molecule has 0 bridgehead atoms. The van der Waals surface area contributed by atoms with Crippen LogP contribution < -0.4 is 15.4 Å². The van der Waals surface area contributed by atoms with Gasteiger partial charge in [0.05, 0.1) is 11.5 Å². The SMILES string of the molecule is CCOC(=O)[C@@H](Cc1c[nH]c2ccccc12)NC(=O)CCC(=O)Nc1ccc(S(=O)(=O)Nc2nccs2)cc1. The Morgan fingerprint density at radius 3 is 2.51 bits per heavy atom. The number of carbonyl (C=O) groups is 3. The van der Waals surface area contributed by atoms with Gasteiger partial charge in [-0.15, -0.1) is 11.3 Å². The van der Waals surface area contributed by atoms with Crippen molar-refractivity contribution in [1.29, 1.82) is 0 Å². The highest BCUT2D eigenvalue weighted by Gasteiger charge is 2.24. The van der Waals surface area contributed by atoms with Crippen molar-refractivity contribution in [1.82, 2.24) is 15.3 Å². The second-order valence-corrected chi connectivity index (χ2v) is 11.0. The summed E-state index contributed by atoms with van der Waals surface area (Å²) < 4.78 is 32.4. The molecule has 11 nitrogen and oxygen atoms in total. The monoisotopic (exact) mass is 569 g/mol. The van der Waals surface area contributed by atoms with Crippen LogP contribution in [0.1, 0.15) is 25.3 Å². The Labute approximate surface area is 229 Å². The topological polar surface area (TPSA) is 159 Å². The zero-order chi connectivity index (χ0) is 27.8. The lowest BCUT2D eigenvalue weighted by molar-refractivity contribution is -0.147. The number of carbonyl (C=O) groups excluding carboxylic acids is 3. The maximum absolute atomic E-state index is 12.6. The molecule has 39 heavy (non-hydrogen) atoms. The highest BCUT2D eigenvalue weighted by molar-refractivity contribution is 7.93. The van der Waals surface area contributed by atoms with Gasteiger partial charge in [0.15, 0.2) is 5.13 Å². The number of hydrogen-bond acceptors (Lipinski definition) is 8. The number of esters is 1. The molecule has 0 saturated carbocycles. The summed E-state index contributed by atoms with van der Waals surface area (Å²) in [6.45, 7) is 1.86. The number of aromatic amines is 1. The normalized spacial score (nSPS) is 12.0. The van der Waals surface area contributed by atoms with Crippen LogP contribution in [0.2, 0.25) is 0 Å². The Kier molecular flexibility index (Phi) is 8.94. The van der Waals surface area contributed by atoms with E-state index in [0.717, 1.165) is 27.8 Å². The number of anilines is 2. The number of H-pyrrole nitrogens is 1. The van der Waals surface area contributed by atoms with E-state index in [9.17, 15) is 22.8 Å². The molecule has 2 aromatic carbocycles. The maximum atomic E-state index is 12.6. The lowest BCUT2D eigenvalue weighted by Crippen LogP contribution is -2.43. The quantitative estimate of drug-likeness (QED) is 0.190. The summed E-state index contributed by atoms with van der Waals surface area (Å²) in [5.41, 5.74) is 2.14. The predicted molar refractivity (Wildman–Crippen MR) is 148 cm³/mol. The number of ether oxygens (including phenoxy) is 1. The summed E-state index contributed by atoms with van der Waals surface area (Å²) in [5, 5.41) is 8.16. The standard InChI is InChI=1S/C26H27N5O6S2/c1-2-37-25(34)22(15-17-16-28-21-6-4-3-5-20(17)21)30-24(33)12-11-23(32)29-18-7-9-19(10-8-18)39(35,36)31-26-27-13-14-38-26/h3-10,13-14,16,22,28H,2,11-12,15H2,1H3,(H,27,31)(H,29,32)(H,30,33)/t22-/m1/s1. The van der Waals surface area contributed by atoms with Crippen molar-refractivity contribution in [3.63, 3.8) is 0 Å². The van der Waals surface area contributed by atoms with E-state index in [0.29, 0.717) is 5.69 Å². The number of hydrogen-bond donors (Lipinski definition) is 4. The molecule has 0 fully saturated rings. The third-order valence-corrected chi connectivity index (χ3v) is 7.86. The van der Waals surface area contributed by atoms with Crippen molar-refractivity contribution >= 4 is 60.9 Å². The number of fused-ring (bicyclic) bond motifs is 1. The molecule has 13 heteroatoms. The molecule has 4 rings (SSSR count). The van der Waals surface area contributed by atoms with E-state index >= 15 is 0 Å². The third-order valence-electron chi connectivity index (χ3n) is 5.69. The van der Waals surface area contributed by atoms with Crippen LogP contribution in [-0.4, -0.2) is 48.8 Å². The number of nitrogens with zero attached hydrogens (tertiary/aromatic N) is 1. The van der Waals surface area contributed by atoms with Gasteiger partial charge in [-0.3, -0.25) is 14.3 Å². The molecule has 0 radical (unpaired) electrons. The van der Waals surface area contributed by atoms with Crippen molar-refractivity contribution in [2.45, 2.75) is 37.1 Å². The van der Waals surface area contributed by atoms with E-state index in [4.69, 9.17) is 4.74 Å². The zero-order valence-corrected chi connectivity index (χ0v) is 22.6. The van der Waals surface area contributed by atoms with Crippen LogP contribution in [-0.2, 0) is 35.6 Å². The number of para-hydroxylation sites is 1. The average molecular weight is 570 g/mol. The first-order valence-electron chi connectivity index (χ1n) is 12.1. The van der Waals surface area contributed by atoms with E-state index in [1.54, 1.807) is 18.5 Å². The molecule has 2 amide bonds. The smallest absolute Gasteiger partial charge is 0.328 e. The van der Waals surface area contributed by atoms with Crippen LogP contribution in [0.15, 0.2) is 71.2 Å². The van der Waals surface area contributed by atoms with Gasteiger partial charge in [0, 0.05) is 53.6 Å². The zero-order valence-electron chi connectivity index (χ0n) is 21.0. The Bertz CT molecular complexity index is 1550. The summed E-state index contributed by atoms with van der Waals surface area (Å²) in [4.78, 5) is 44.6. The van der Waals surface area contributed by atoms with E-state index in [1.165, 1.54) is 30.5 Å². The van der Waals surface area contributed by atoms with E-state index in [1.807, 2.05) is 24.3 Å². The second kappa shape index (κ2) is 12.5. The summed E-state index contributed by atoms with van der Waals surface area (Å²) in [6.07, 6.45) is 3.22. The van der Waals surface area contributed by atoms with Crippen molar-refractivity contribution in [3.8, 4) is 0 Å². The average Bonchev–Trinajstić information content (AvgIpc) is 3.57.